The normalized spacial score (nSPS) is 14.1. The van der Waals surface area contributed by atoms with Crippen LogP contribution in [0.5, 0.6) is 0 Å². The fourth-order valence-corrected chi connectivity index (χ4v) is 3.85. The van der Waals surface area contributed by atoms with Crippen LogP contribution in [0.2, 0.25) is 5.02 Å². The molecule has 1 atom stereocenters. The highest BCUT2D eigenvalue weighted by Gasteiger charge is 2.48. The third kappa shape index (κ3) is 3.39. The van der Waals surface area contributed by atoms with E-state index < -0.39 is 27.3 Å². The van der Waals surface area contributed by atoms with E-state index in [1.807, 2.05) is 0 Å². The number of benzene rings is 1. The quantitative estimate of drug-likeness (QED) is 0.669. The molecule has 0 aliphatic rings. The van der Waals surface area contributed by atoms with E-state index in [9.17, 15) is 21.6 Å². The minimum absolute atomic E-state index is 0.243. The second-order valence-corrected chi connectivity index (χ2v) is 7.82. The van der Waals surface area contributed by atoms with Gasteiger partial charge in [0.25, 0.3) is 10.0 Å². The molecule has 0 saturated heterocycles. The van der Waals surface area contributed by atoms with E-state index in [4.69, 9.17) is 11.6 Å². The zero-order chi connectivity index (χ0) is 19.1. The predicted octanol–water partition coefficient (Wildman–Crippen LogP) is 3.31. The molecular weight excluding hydrogens is 393 g/mol. The molecule has 11 heteroatoms. The monoisotopic (exact) mass is 404 g/mol. The number of aromatic nitrogens is 3. The second kappa shape index (κ2) is 6.53. The third-order valence-electron chi connectivity index (χ3n) is 3.76. The Bertz CT molecular complexity index is 1030. The zero-order valence-electron chi connectivity index (χ0n) is 13.2. The van der Waals surface area contributed by atoms with Gasteiger partial charge >= 0.3 is 6.18 Å². The molecule has 0 spiro atoms. The van der Waals surface area contributed by atoms with E-state index in [0.29, 0.717) is 5.65 Å². The van der Waals surface area contributed by atoms with Crippen LogP contribution in [-0.2, 0) is 10.0 Å². The van der Waals surface area contributed by atoms with Gasteiger partial charge in [0.05, 0.1) is 6.20 Å². The van der Waals surface area contributed by atoms with Gasteiger partial charge in [0.15, 0.2) is 10.7 Å². The van der Waals surface area contributed by atoms with Gasteiger partial charge in [-0.25, -0.2) is 18.4 Å². The van der Waals surface area contributed by atoms with E-state index in [-0.39, 0.29) is 14.9 Å². The van der Waals surface area contributed by atoms with Crippen molar-refractivity contribution in [3.05, 3.63) is 59.6 Å². The molecule has 0 N–H and O–H groups in total. The fourth-order valence-electron chi connectivity index (χ4n) is 2.48. The van der Waals surface area contributed by atoms with Crippen molar-refractivity contribution in [1.29, 1.82) is 0 Å². The molecule has 0 aliphatic carbocycles. The Morgan fingerprint density at radius 1 is 1.19 bits per heavy atom. The number of hydrogen-bond donors (Lipinski definition) is 0. The van der Waals surface area contributed by atoms with Gasteiger partial charge in [0.1, 0.15) is 6.04 Å². The van der Waals surface area contributed by atoms with Crippen molar-refractivity contribution in [2.24, 2.45) is 0 Å². The molecule has 138 valence electrons. The maximum atomic E-state index is 13.6. The highest BCUT2D eigenvalue weighted by Crippen LogP contribution is 2.39. The zero-order valence-corrected chi connectivity index (χ0v) is 14.8. The van der Waals surface area contributed by atoms with Gasteiger partial charge in [0, 0.05) is 30.7 Å². The van der Waals surface area contributed by atoms with Crippen molar-refractivity contribution in [1.82, 2.24) is 18.7 Å². The lowest BCUT2D eigenvalue weighted by Crippen LogP contribution is -2.40. The van der Waals surface area contributed by atoms with Crippen molar-refractivity contribution in [2.45, 2.75) is 17.2 Å². The molecule has 6 nitrogen and oxygen atoms in total. The highest BCUT2D eigenvalue weighted by atomic mass is 35.5. The van der Waals surface area contributed by atoms with Gasteiger partial charge in [-0.05, 0) is 17.7 Å². The molecule has 1 aromatic carbocycles. The number of rotatable bonds is 4. The molecule has 26 heavy (non-hydrogen) atoms. The molecule has 2 heterocycles. The lowest BCUT2D eigenvalue weighted by molar-refractivity contribution is -0.171. The van der Waals surface area contributed by atoms with Crippen molar-refractivity contribution >= 4 is 27.3 Å². The van der Waals surface area contributed by atoms with Crippen molar-refractivity contribution in [2.75, 3.05) is 7.05 Å². The van der Waals surface area contributed by atoms with Crippen LogP contribution < -0.4 is 0 Å². The van der Waals surface area contributed by atoms with Crippen molar-refractivity contribution in [3.63, 3.8) is 0 Å². The summed E-state index contributed by atoms with van der Waals surface area (Å²) in [6, 6.07) is 2.43. The Morgan fingerprint density at radius 3 is 2.46 bits per heavy atom. The maximum absolute atomic E-state index is 13.6. The van der Waals surface area contributed by atoms with E-state index in [1.54, 1.807) is 0 Å². The molecule has 3 aromatic rings. The summed E-state index contributed by atoms with van der Waals surface area (Å²) in [4.78, 5) is 7.66. The number of alkyl halides is 3. The van der Waals surface area contributed by atoms with Crippen molar-refractivity contribution < 1.29 is 21.6 Å². The van der Waals surface area contributed by atoms with Crippen LogP contribution in [0.25, 0.3) is 5.65 Å². The van der Waals surface area contributed by atoms with Crippen LogP contribution in [0.4, 0.5) is 13.2 Å². The standard InChI is InChI=1S/C15H12ClF3N4O2S/c1-22(14(15(17,18)19)10-2-4-11(16)5-3-10)26(24,25)13-9-23-7-6-20-12(23)8-21-13/h2-9,14H,1H3. The predicted molar refractivity (Wildman–Crippen MR) is 88.2 cm³/mol. The van der Waals surface area contributed by atoms with Crippen molar-refractivity contribution in [3.8, 4) is 0 Å². The smallest absolute Gasteiger partial charge is 0.303 e. The minimum atomic E-state index is -4.84. The summed E-state index contributed by atoms with van der Waals surface area (Å²) in [6.45, 7) is 0. The highest BCUT2D eigenvalue weighted by molar-refractivity contribution is 7.89. The van der Waals surface area contributed by atoms with Gasteiger partial charge in [-0.1, -0.05) is 23.7 Å². The average Bonchev–Trinajstić information content (AvgIpc) is 3.03. The molecule has 0 radical (unpaired) electrons. The van der Waals surface area contributed by atoms with Crippen LogP contribution in [0, 0.1) is 0 Å². The summed E-state index contributed by atoms with van der Waals surface area (Å²) in [5.41, 5.74) is 0.119. The molecule has 3 rings (SSSR count). The number of hydrogen-bond acceptors (Lipinski definition) is 4. The lowest BCUT2D eigenvalue weighted by Gasteiger charge is -2.29. The minimum Gasteiger partial charge on any atom is -0.303 e. The Kier molecular flexibility index (Phi) is 4.67. The van der Waals surface area contributed by atoms with Gasteiger partial charge in [-0.15, -0.1) is 0 Å². The fraction of sp³-hybridized carbons (Fsp3) is 0.200. The topological polar surface area (TPSA) is 67.6 Å². The number of halogens is 4. The van der Waals surface area contributed by atoms with Crippen LogP contribution in [0.3, 0.4) is 0 Å². The van der Waals surface area contributed by atoms with E-state index in [1.165, 1.54) is 35.1 Å². The summed E-state index contributed by atoms with van der Waals surface area (Å²) in [6.07, 6.45) is 0.337. The maximum Gasteiger partial charge on any atom is 0.409 e. The van der Waals surface area contributed by atoms with Gasteiger partial charge in [0.2, 0.25) is 0 Å². The van der Waals surface area contributed by atoms with Gasteiger partial charge < -0.3 is 4.40 Å². The number of sulfonamides is 1. The average molecular weight is 405 g/mol. The summed E-state index contributed by atoms with van der Waals surface area (Å²) in [7, 11) is -3.67. The number of fused-ring (bicyclic) bond motifs is 1. The Hall–Kier alpha value is -2.17. The first-order valence-corrected chi connectivity index (χ1v) is 9.01. The van der Waals surface area contributed by atoms with E-state index >= 15 is 0 Å². The summed E-state index contributed by atoms with van der Waals surface area (Å²) in [5.74, 6) is 0. The first-order valence-electron chi connectivity index (χ1n) is 7.19. The summed E-state index contributed by atoms with van der Waals surface area (Å²) in [5, 5.41) is -0.277. The first kappa shape index (κ1) is 18.6. The van der Waals surface area contributed by atoms with Crippen LogP contribution >= 0.6 is 11.6 Å². The molecule has 0 fully saturated rings. The Morgan fingerprint density at radius 2 is 1.85 bits per heavy atom. The van der Waals surface area contributed by atoms with Crippen LogP contribution in [0.1, 0.15) is 11.6 Å². The molecule has 0 aliphatic heterocycles. The van der Waals surface area contributed by atoms with Crippen LogP contribution in [-0.4, -0.2) is 40.3 Å². The molecular formula is C15H12ClF3N4O2S. The summed E-state index contributed by atoms with van der Waals surface area (Å²) < 4.78 is 68.0. The molecule has 2 aromatic heterocycles. The van der Waals surface area contributed by atoms with Gasteiger partial charge in [-0.3, -0.25) is 0 Å². The van der Waals surface area contributed by atoms with E-state index in [0.717, 1.165) is 25.4 Å². The third-order valence-corrected chi connectivity index (χ3v) is 5.72. The number of nitrogens with zero attached hydrogens (tertiary/aromatic N) is 4. The SMILES string of the molecule is CN(C(c1ccc(Cl)cc1)C(F)(F)F)S(=O)(=O)c1cn2ccnc2cn1. The van der Waals surface area contributed by atoms with Gasteiger partial charge in [-0.2, -0.15) is 17.5 Å². The molecule has 0 saturated carbocycles. The molecule has 0 bridgehead atoms. The van der Waals surface area contributed by atoms with Crippen LogP contribution in [0.15, 0.2) is 54.1 Å². The Balaban J connectivity index is 2.07. The summed E-state index contributed by atoms with van der Waals surface area (Å²) >= 11 is 5.71. The Labute approximate surface area is 151 Å². The second-order valence-electron chi connectivity index (χ2n) is 5.44. The molecule has 1 unspecified atom stereocenters. The largest absolute Gasteiger partial charge is 0.409 e. The van der Waals surface area contributed by atoms with E-state index in [2.05, 4.69) is 9.97 Å². The first-order chi connectivity index (χ1) is 12.1. The molecule has 0 amide bonds. The number of imidazole rings is 1. The lowest BCUT2D eigenvalue weighted by atomic mass is 10.1.